The normalized spacial score (nSPS) is 12.2. The zero-order valence-electron chi connectivity index (χ0n) is 10.7. The van der Waals surface area contributed by atoms with Crippen LogP contribution in [0, 0.1) is 5.82 Å². The van der Waals surface area contributed by atoms with Crippen molar-refractivity contribution in [2.75, 3.05) is 13.7 Å². The summed E-state index contributed by atoms with van der Waals surface area (Å²) < 4.78 is 19.0. The number of halogens is 1. The molecule has 2 N–H and O–H groups in total. The van der Waals surface area contributed by atoms with E-state index < -0.39 is 0 Å². The molecule has 2 aromatic rings. The van der Waals surface area contributed by atoms with E-state index in [1.54, 1.807) is 31.0 Å². The molecule has 4 heteroatoms. The number of ether oxygens (including phenoxy) is 1. The molecular formula is C15H16FNOS. The predicted molar refractivity (Wildman–Crippen MR) is 77.0 cm³/mol. The smallest absolute Gasteiger partial charge is 0.127 e. The molecule has 0 radical (unpaired) electrons. The van der Waals surface area contributed by atoms with Crippen LogP contribution >= 0.6 is 11.8 Å². The van der Waals surface area contributed by atoms with Gasteiger partial charge in [0.25, 0.3) is 0 Å². The van der Waals surface area contributed by atoms with Gasteiger partial charge in [0.15, 0.2) is 0 Å². The fourth-order valence-corrected chi connectivity index (χ4v) is 2.90. The second-order valence-electron chi connectivity index (χ2n) is 4.04. The Hall–Kier alpha value is -1.52. The van der Waals surface area contributed by atoms with Crippen molar-refractivity contribution in [1.82, 2.24) is 0 Å². The van der Waals surface area contributed by atoms with Gasteiger partial charge in [-0.1, -0.05) is 24.3 Å². The van der Waals surface area contributed by atoms with Gasteiger partial charge in [-0.2, -0.15) is 0 Å². The number of methoxy groups -OCH3 is 1. The fraction of sp³-hybridized carbons (Fsp3) is 0.200. The molecule has 0 aliphatic carbocycles. The van der Waals surface area contributed by atoms with Gasteiger partial charge in [0.2, 0.25) is 0 Å². The van der Waals surface area contributed by atoms with Crippen molar-refractivity contribution in [2.45, 2.75) is 10.1 Å². The molecule has 0 aliphatic heterocycles. The largest absolute Gasteiger partial charge is 0.497 e. The van der Waals surface area contributed by atoms with E-state index in [4.69, 9.17) is 10.5 Å². The van der Waals surface area contributed by atoms with E-state index in [1.165, 1.54) is 6.07 Å². The van der Waals surface area contributed by atoms with E-state index in [-0.39, 0.29) is 11.1 Å². The quantitative estimate of drug-likeness (QED) is 0.848. The van der Waals surface area contributed by atoms with Crippen LogP contribution in [0.15, 0.2) is 53.4 Å². The Morgan fingerprint density at radius 1 is 1.21 bits per heavy atom. The van der Waals surface area contributed by atoms with E-state index in [1.807, 2.05) is 30.3 Å². The molecule has 0 saturated heterocycles. The average Bonchev–Trinajstić information content (AvgIpc) is 2.46. The SMILES string of the molecule is COc1cccc(SC(CN)c2ccccc2F)c1. The van der Waals surface area contributed by atoms with Gasteiger partial charge in [-0.15, -0.1) is 11.8 Å². The lowest BCUT2D eigenvalue weighted by Gasteiger charge is -2.16. The third-order valence-corrected chi connectivity index (χ3v) is 4.04. The Kier molecular flexibility index (Phi) is 4.82. The highest BCUT2D eigenvalue weighted by Crippen LogP contribution is 2.36. The molecule has 2 nitrogen and oxygen atoms in total. The first-order chi connectivity index (χ1) is 9.24. The first-order valence-corrected chi connectivity index (χ1v) is 6.87. The maximum atomic E-state index is 13.8. The number of hydrogen-bond acceptors (Lipinski definition) is 3. The second-order valence-corrected chi connectivity index (χ2v) is 5.32. The van der Waals surface area contributed by atoms with Crippen molar-refractivity contribution >= 4 is 11.8 Å². The van der Waals surface area contributed by atoms with E-state index in [9.17, 15) is 4.39 Å². The van der Waals surface area contributed by atoms with Gasteiger partial charge in [0, 0.05) is 22.3 Å². The van der Waals surface area contributed by atoms with E-state index in [0.29, 0.717) is 12.1 Å². The van der Waals surface area contributed by atoms with Crippen molar-refractivity contribution in [1.29, 1.82) is 0 Å². The van der Waals surface area contributed by atoms with Crippen molar-refractivity contribution in [2.24, 2.45) is 5.73 Å². The van der Waals surface area contributed by atoms with Crippen LogP contribution in [-0.4, -0.2) is 13.7 Å². The summed E-state index contributed by atoms with van der Waals surface area (Å²) in [5.74, 6) is 0.572. The van der Waals surface area contributed by atoms with Crippen LogP contribution in [0.5, 0.6) is 5.75 Å². The molecule has 0 heterocycles. The van der Waals surface area contributed by atoms with Crippen LogP contribution in [0.4, 0.5) is 4.39 Å². The monoisotopic (exact) mass is 277 g/mol. The Bertz CT molecular complexity index is 547. The van der Waals surface area contributed by atoms with Crippen LogP contribution < -0.4 is 10.5 Å². The number of hydrogen-bond donors (Lipinski definition) is 1. The van der Waals surface area contributed by atoms with Gasteiger partial charge in [-0.3, -0.25) is 0 Å². The van der Waals surface area contributed by atoms with Crippen LogP contribution in [-0.2, 0) is 0 Å². The molecule has 0 fully saturated rings. The Balaban J connectivity index is 2.21. The first kappa shape index (κ1) is 13.9. The highest BCUT2D eigenvalue weighted by molar-refractivity contribution is 7.99. The minimum absolute atomic E-state index is 0.103. The molecule has 1 unspecified atom stereocenters. The minimum Gasteiger partial charge on any atom is -0.497 e. The van der Waals surface area contributed by atoms with E-state index in [0.717, 1.165) is 10.6 Å². The third-order valence-electron chi connectivity index (χ3n) is 2.79. The summed E-state index contributed by atoms with van der Waals surface area (Å²) in [6.45, 7) is 0.378. The highest BCUT2D eigenvalue weighted by Gasteiger charge is 2.15. The zero-order chi connectivity index (χ0) is 13.7. The second kappa shape index (κ2) is 6.59. The average molecular weight is 277 g/mol. The van der Waals surface area contributed by atoms with Gasteiger partial charge in [-0.25, -0.2) is 4.39 Å². The summed E-state index contributed by atoms with van der Waals surface area (Å²) in [6, 6.07) is 14.4. The topological polar surface area (TPSA) is 35.2 Å². The number of thioether (sulfide) groups is 1. The Labute approximate surface area is 116 Å². The molecule has 2 rings (SSSR count). The summed E-state index contributed by atoms with van der Waals surface area (Å²) in [7, 11) is 1.63. The first-order valence-electron chi connectivity index (χ1n) is 6.00. The lowest BCUT2D eigenvalue weighted by molar-refractivity contribution is 0.413. The van der Waals surface area contributed by atoms with Gasteiger partial charge in [0.1, 0.15) is 11.6 Å². The number of rotatable bonds is 5. The summed E-state index contributed by atoms with van der Waals surface area (Å²) in [5, 5.41) is -0.103. The molecule has 2 aromatic carbocycles. The minimum atomic E-state index is -0.214. The van der Waals surface area contributed by atoms with Gasteiger partial charge in [-0.05, 0) is 24.3 Å². The standard InChI is InChI=1S/C15H16FNOS/c1-18-11-5-4-6-12(9-11)19-15(10-17)13-7-2-3-8-14(13)16/h2-9,15H,10,17H2,1H3. The van der Waals surface area contributed by atoms with Crippen LogP contribution in [0.25, 0.3) is 0 Å². The van der Waals surface area contributed by atoms with Crippen molar-refractivity contribution in [3.63, 3.8) is 0 Å². The molecule has 100 valence electrons. The van der Waals surface area contributed by atoms with Crippen molar-refractivity contribution in [3.8, 4) is 5.75 Å². The molecule has 0 aromatic heterocycles. The lowest BCUT2D eigenvalue weighted by atomic mass is 10.1. The summed E-state index contributed by atoms with van der Waals surface area (Å²) in [6.07, 6.45) is 0. The number of benzene rings is 2. The molecule has 0 aliphatic rings. The highest BCUT2D eigenvalue weighted by atomic mass is 32.2. The Morgan fingerprint density at radius 2 is 2.00 bits per heavy atom. The molecule has 19 heavy (non-hydrogen) atoms. The molecule has 1 atom stereocenters. The van der Waals surface area contributed by atoms with Crippen molar-refractivity contribution in [3.05, 3.63) is 59.9 Å². The van der Waals surface area contributed by atoms with E-state index >= 15 is 0 Å². The van der Waals surface area contributed by atoms with Gasteiger partial charge in [0.05, 0.1) is 7.11 Å². The van der Waals surface area contributed by atoms with Crippen LogP contribution in [0.2, 0.25) is 0 Å². The van der Waals surface area contributed by atoms with Crippen molar-refractivity contribution < 1.29 is 9.13 Å². The molecule has 0 amide bonds. The zero-order valence-corrected chi connectivity index (χ0v) is 11.5. The van der Waals surface area contributed by atoms with Crippen LogP contribution in [0.1, 0.15) is 10.8 Å². The summed E-state index contributed by atoms with van der Waals surface area (Å²) in [5.41, 5.74) is 6.41. The fourth-order valence-electron chi connectivity index (χ4n) is 1.81. The summed E-state index contributed by atoms with van der Waals surface area (Å²) in [4.78, 5) is 1.01. The molecule has 0 spiro atoms. The maximum Gasteiger partial charge on any atom is 0.127 e. The lowest BCUT2D eigenvalue weighted by Crippen LogP contribution is -2.10. The van der Waals surface area contributed by atoms with Crippen LogP contribution in [0.3, 0.4) is 0 Å². The summed E-state index contributed by atoms with van der Waals surface area (Å²) >= 11 is 1.54. The van der Waals surface area contributed by atoms with Gasteiger partial charge < -0.3 is 10.5 Å². The molecule has 0 saturated carbocycles. The van der Waals surface area contributed by atoms with E-state index in [2.05, 4.69) is 0 Å². The predicted octanol–water partition coefficient (Wildman–Crippen LogP) is 3.63. The number of nitrogens with two attached hydrogens (primary N) is 1. The Morgan fingerprint density at radius 3 is 2.68 bits per heavy atom. The molecule has 0 bridgehead atoms. The third kappa shape index (κ3) is 3.49. The maximum absolute atomic E-state index is 13.8. The molecular weight excluding hydrogens is 261 g/mol. The van der Waals surface area contributed by atoms with Gasteiger partial charge >= 0.3 is 0 Å².